The van der Waals surface area contributed by atoms with Crippen molar-refractivity contribution >= 4 is 58.0 Å². The van der Waals surface area contributed by atoms with Crippen molar-refractivity contribution < 1.29 is 14.4 Å². The van der Waals surface area contributed by atoms with Crippen molar-refractivity contribution in [2.24, 2.45) is 11.1 Å². The monoisotopic (exact) mass is 394 g/mol. The molecule has 2 aliphatic rings. The highest BCUT2D eigenvalue weighted by Crippen LogP contribution is 2.39. The van der Waals surface area contributed by atoms with E-state index >= 15 is 0 Å². The molecule has 4 rings (SSSR count). The van der Waals surface area contributed by atoms with Crippen LogP contribution in [0.1, 0.15) is 5.56 Å². The molecule has 0 N–H and O–H groups in total. The number of rotatable bonds is 2. The molecule has 2 amide bonds. The SMILES string of the molecule is O=C1[C@@H]2C(c3ccccc3Cl)=NO[C@@H]2C(=O)N1c1ccc(Cl)cc1Cl. The van der Waals surface area contributed by atoms with Gasteiger partial charge in [-0.25, -0.2) is 4.90 Å². The van der Waals surface area contributed by atoms with Crippen molar-refractivity contribution in [3.05, 3.63) is 63.1 Å². The molecule has 1 saturated heterocycles. The molecule has 8 heteroatoms. The fourth-order valence-corrected chi connectivity index (χ4v) is 3.69. The average molecular weight is 396 g/mol. The van der Waals surface area contributed by atoms with Crippen molar-refractivity contribution in [3.63, 3.8) is 0 Å². The van der Waals surface area contributed by atoms with E-state index < -0.39 is 23.8 Å². The van der Waals surface area contributed by atoms with E-state index in [2.05, 4.69) is 5.16 Å². The van der Waals surface area contributed by atoms with Crippen LogP contribution >= 0.6 is 34.8 Å². The van der Waals surface area contributed by atoms with Crippen LogP contribution in [0.15, 0.2) is 47.6 Å². The maximum atomic E-state index is 12.9. The minimum Gasteiger partial charge on any atom is -0.381 e. The number of carbonyl (C=O) groups is 2. The summed E-state index contributed by atoms with van der Waals surface area (Å²) in [6.45, 7) is 0. The molecule has 0 aliphatic carbocycles. The molecule has 5 nitrogen and oxygen atoms in total. The van der Waals surface area contributed by atoms with Crippen LogP contribution in [0.5, 0.6) is 0 Å². The third-order valence-corrected chi connectivity index (χ3v) is 4.98. The van der Waals surface area contributed by atoms with Gasteiger partial charge in [-0.05, 0) is 24.3 Å². The van der Waals surface area contributed by atoms with E-state index in [1.54, 1.807) is 30.3 Å². The molecule has 2 atom stereocenters. The topological polar surface area (TPSA) is 59.0 Å². The number of amides is 2. The van der Waals surface area contributed by atoms with E-state index in [1.165, 1.54) is 12.1 Å². The second kappa shape index (κ2) is 6.02. The van der Waals surface area contributed by atoms with Gasteiger partial charge in [0, 0.05) is 15.6 Å². The van der Waals surface area contributed by atoms with Gasteiger partial charge in [-0.15, -0.1) is 0 Å². The Morgan fingerprint density at radius 2 is 1.72 bits per heavy atom. The Labute approximate surface area is 157 Å². The maximum absolute atomic E-state index is 12.9. The highest BCUT2D eigenvalue weighted by atomic mass is 35.5. The van der Waals surface area contributed by atoms with Crippen molar-refractivity contribution in [1.82, 2.24) is 0 Å². The van der Waals surface area contributed by atoms with E-state index in [1.807, 2.05) is 0 Å². The Balaban J connectivity index is 1.75. The zero-order valence-electron chi connectivity index (χ0n) is 12.4. The molecule has 126 valence electrons. The highest BCUT2D eigenvalue weighted by Gasteiger charge is 2.56. The summed E-state index contributed by atoms with van der Waals surface area (Å²) < 4.78 is 0. The molecule has 0 saturated carbocycles. The molecular formula is C17H9Cl3N2O3. The van der Waals surface area contributed by atoms with Crippen LogP contribution in [0.2, 0.25) is 15.1 Å². The molecule has 0 unspecified atom stereocenters. The Bertz CT molecular complexity index is 944. The van der Waals surface area contributed by atoms with Crippen molar-refractivity contribution in [2.75, 3.05) is 4.90 Å². The van der Waals surface area contributed by atoms with E-state index in [0.29, 0.717) is 21.3 Å². The van der Waals surface area contributed by atoms with Crippen LogP contribution < -0.4 is 4.90 Å². The molecule has 0 bridgehead atoms. The zero-order chi connectivity index (χ0) is 17.7. The second-order valence-electron chi connectivity index (χ2n) is 5.57. The highest BCUT2D eigenvalue weighted by molar-refractivity contribution is 6.41. The lowest BCUT2D eigenvalue weighted by Gasteiger charge is -2.17. The summed E-state index contributed by atoms with van der Waals surface area (Å²) >= 11 is 18.2. The first-order valence-electron chi connectivity index (χ1n) is 7.30. The van der Waals surface area contributed by atoms with Crippen molar-refractivity contribution in [2.45, 2.75) is 6.10 Å². The fourth-order valence-electron chi connectivity index (χ4n) is 2.97. The van der Waals surface area contributed by atoms with Gasteiger partial charge in [0.2, 0.25) is 12.0 Å². The van der Waals surface area contributed by atoms with Crippen LogP contribution in [0.4, 0.5) is 5.69 Å². The van der Waals surface area contributed by atoms with Gasteiger partial charge in [0.05, 0.1) is 10.7 Å². The third kappa shape index (κ3) is 2.51. The van der Waals surface area contributed by atoms with Gasteiger partial charge in [-0.1, -0.05) is 58.2 Å². The lowest BCUT2D eigenvalue weighted by molar-refractivity contribution is -0.126. The molecule has 2 heterocycles. The van der Waals surface area contributed by atoms with Crippen LogP contribution in [-0.2, 0) is 14.4 Å². The molecule has 0 aromatic heterocycles. The number of nitrogens with zero attached hydrogens (tertiary/aromatic N) is 2. The van der Waals surface area contributed by atoms with Gasteiger partial charge in [0.15, 0.2) is 0 Å². The molecule has 2 aromatic rings. The summed E-state index contributed by atoms with van der Waals surface area (Å²) in [6.07, 6.45) is -1.02. The first-order chi connectivity index (χ1) is 12.0. The number of carbonyl (C=O) groups excluding carboxylic acids is 2. The lowest BCUT2D eigenvalue weighted by Crippen LogP contribution is -2.33. The summed E-state index contributed by atoms with van der Waals surface area (Å²) in [5.74, 6) is -1.85. The molecule has 25 heavy (non-hydrogen) atoms. The second-order valence-corrected chi connectivity index (χ2v) is 6.82. The third-order valence-electron chi connectivity index (χ3n) is 4.11. The Morgan fingerprint density at radius 1 is 0.960 bits per heavy atom. The number of oxime groups is 1. The summed E-state index contributed by atoms with van der Waals surface area (Å²) in [7, 11) is 0. The van der Waals surface area contributed by atoms with Gasteiger partial charge in [0.25, 0.3) is 5.91 Å². The number of fused-ring (bicyclic) bond motifs is 1. The van der Waals surface area contributed by atoms with Gasteiger partial charge >= 0.3 is 0 Å². The first-order valence-corrected chi connectivity index (χ1v) is 8.44. The Kier molecular flexibility index (Phi) is 3.95. The molecule has 1 fully saturated rings. The minimum atomic E-state index is -1.02. The predicted octanol–water partition coefficient (Wildman–Crippen LogP) is 3.94. The summed E-state index contributed by atoms with van der Waals surface area (Å²) in [5.41, 5.74) is 1.15. The Hall–Kier alpha value is -2.08. The van der Waals surface area contributed by atoms with E-state index in [0.717, 1.165) is 4.90 Å². The summed E-state index contributed by atoms with van der Waals surface area (Å²) in [4.78, 5) is 31.9. The van der Waals surface area contributed by atoms with Gasteiger partial charge in [-0.2, -0.15) is 0 Å². The van der Waals surface area contributed by atoms with Crippen molar-refractivity contribution in [1.29, 1.82) is 0 Å². The van der Waals surface area contributed by atoms with E-state index in [4.69, 9.17) is 39.6 Å². The number of hydrogen-bond donors (Lipinski definition) is 0. The number of hydrogen-bond acceptors (Lipinski definition) is 4. The van der Waals surface area contributed by atoms with Crippen LogP contribution in [0.25, 0.3) is 0 Å². The summed E-state index contributed by atoms with van der Waals surface area (Å²) in [6, 6.07) is 11.5. The molecule has 0 spiro atoms. The summed E-state index contributed by atoms with van der Waals surface area (Å²) in [5, 5.41) is 4.96. The lowest BCUT2D eigenvalue weighted by atomic mass is 9.94. The Morgan fingerprint density at radius 3 is 2.44 bits per heavy atom. The molecular weight excluding hydrogens is 387 g/mol. The minimum absolute atomic E-state index is 0.199. The van der Waals surface area contributed by atoms with Crippen molar-refractivity contribution in [3.8, 4) is 0 Å². The van der Waals surface area contributed by atoms with E-state index in [-0.39, 0.29) is 10.7 Å². The standard InChI is InChI=1S/C17H9Cl3N2O3/c18-8-5-6-12(11(20)7-8)22-16(23)13-14(21-25-15(13)17(22)24)9-3-1-2-4-10(9)19/h1-7,13,15H/t13-,15+/m1/s1. The van der Waals surface area contributed by atoms with E-state index in [9.17, 15) is 9.59 Å². The van der Waals surface area contributed by atoms with Gasteiger partial charge < -0.3 is 4.84 Å². The van der Waals surface area contributed by atoms with Gasteiger partial charge in [0.1, 0.15) is 11.6 Å². The zero-order valence-corrected chi connectivity index (χ0v) is 14.7. The normalized spacial score (nSPS) is 22.0. The molecule has 0 radical (unpaired) electrons. The van der Waals surface area contributed by atoms with Crippen LogP contribution in [0.3, 0.4) is 0 Å². The number of benzene rings is 2. The van der Waals surface area contributed by atoms with Crippen LogP contribution in [0, 0.1) is 5.92 Å². The first kappa shape index (κ1) is 16.4. The average Bonchev–Trinajstić information content (AvgIpc) is 3.10. The van der Waals surface area contributed by atoms with Crippen LogP contribution in [-0.4, -0.2) is 23.6 Å². The molecule has 2 aromatic carbocycles. The van der Waals surface area contributed by atoms with Gasteiger partial charge in [-0.3, -0.25) is 9.59 Å². The maximum Gasteiger partial charge on any atom is 0.279 e. The number of halogens is 3. The number of imide groups is 1. The quantitative estimate of drug-likeness (QED) is 0.724. The smallest absolute Gasteiger partial charge is 0.279 e. The number of anilines is 1. The predicted molar refractivity (Wildman–Crippen MR) is 95.3 cm³/mol. The fraction of sp³-hybridized carbons (Fsp3) is 0.118. The molecule has 2 aliphatic heterocycles. The largest absolute Gasteiger partial charge is 0.381 e.